The molecule has 4 heteroatoms. The lowest BCUT2D eigenvalue weighted by molar-refractivity contribution is -0.122. The minimum Gasteiger partial charge on any atom is -0.378 e. The third-order valence-electron chi connectivity index (χ3n) is 4.46. The molecule has 2 fully saturated rings. The fraction of sp³-hybridized carbons (Fsp3) is 0.929. The summed E-state index contributed by atoms with van der Waals surface area (Å²) in [5.74, 6) is 0.576. The normalized spacial score (nSPS) is 31.2. The summed E-state index contributed by atoms with van der Waals surface area (Å²) in [6, 6.07) is 0. The Kier molecular flexibility index (Phi) is 4.62. The Bertz CT molecular complexity index is 288. The van der Waals surface area contributed by atoms with Gasteiger partial charge in [-0.1, -0.05) is 19.3 Å². The Balaban J connectivity index is 1.71. The highest BCUT2D eigenvalue weighted by Crippen LogP contribution is 2.28. The van der Waals surface area contributed by atoms with Gasteiger partial charge in [0.05, 0.1) is 6.10 Å². The van der Waals surface area contributed by atoms with E-state index in [1.807, 2.05) is 0 Å². The predicted octanol–water partition coefficient (Wildman–Crippen LogP) is 1.58. The third-order valence-corrected chi connectivity index (χ3v) is 4.46. The van der Waals surface area contributed by atoms with Crippen LogP contribution in [0.4, 0.5) is 0 Å². The van der Waals surface area contributed by atoms with Crippen LogP contribution in [0.2, 0.25) is 0 Å². The second-order valence-corrected chi connectivity index (χ2v) is 6.03. The van der Waals surface area contributed by atoms with E-state index in [-0.39, 0.29) is 17.6 Å². The highest BCUT2D eigenvalue weighted by molar-refractivity contribution is 5.77. The van der Waals surface area contributed by atoms with E-state index in [0.29, 0.717) is 12.3 Å². The van der Waals surface area contributed by atoms with Crippen LogP contribution in [-0.2, 0) is 9.53 Å². The Labute approximate surface area is 110 Å². The van der Waals surface area contributed by atoms with Gasteiger partial charge in [-0.05, 0) is 26.2 Å². The van der Waals surface area contributed by atoms with Gasteiger partial charge in [0.1, 0.15) is 0 Å². The summed E-state index contributed by atoms with van der Waals surface area (Å²) in [5, 5.41) is 3.03. The van der Waals surface area contributed by atoms with Gasteiger partial charge in [0.25, 0.3) is 0 Å². The van der Waals surface area contributed by atoms with Gasteiger partial charge in [-0.3, -0.25) is 4.79 Å². The number of rotatable bonds is 4. The summed E-state index contributed by atoms with van der Waals surface area (Å²) in [6.07, 6.45) is 7.37. The van der Waals surface area contributed by atoms with E-state index in [2.05, 4.69) is 12.2 Å². The van der Waals surface area contributed by atoms with Crippen LogP contribution in [0.25, 0.3) is 0 Å². The molecule has 2 atom stereocenters. The van der Waals surface area contributed by atoms with E-state index < -0.39 is 0 Å². The molecule has 0 aromatic rings. The lowest BCUT2D eigenvalue weighted by Crippen LogP contribution is -2.46. The number of hydrogen-bond acceptors (Lipinski definition) is 3. The zero-order valence-corrected chi connectivity index (χ0v) is 11.4. The zero-order valence-electron chi connectivity index (χ0n) is 11.4. The molecule has 2 aliphatic rings. The van der Waals surface area contributed by atoms with Gasteiger partial charge >= 0.3 is 0 Å². The van der Waals surface area contributed by atoms with Crippen LogP contribution >= 0.6 is 0 Å². The van der Waals surface area contributed by atoms with Crippen LogP contribution in [0.1, 0.15) is 51.9 Å². The number of hydrogen-bond donors (Lipinski definition) is 2. The topological polar surface area (TPSA) is 64.3 Å². The van der Waals surface area contributed by atoms with Crippen LogP contribution in [0.3, 0.4) is 0 Å². The largest absolute Gasteiger partial charge is 0.378 e. The van der Waals surface area contributed by atoms with Crippen LogP contribution in [0.5, 0.6) is 0 Å². The van der Waals surface area contributed by atoms with Gasteiger partial charge in [0, 0.05) is 31.0 Å². The number of carbonyl (C=O) groups excluding carboxylic acids is 1. The summed E-state index contributed by atoms with van der Waals surface area (Å²) >= 11 is 0. The lowest BCUT2D eigenvalue weighted by Gasteiger charge is -2.32. The Morgan fingerprint density at radius 3 is 2.72 bits per heavy atom. The summed E-state index contributed by atoms with van der Waals surface area (Å²) in [5.41, 5.74) is 6.04. The quantitative estimate of drug-likeness (QED) is 0.800. The summed E-state index contributed by atoms with van der Waals surface area (Å²) in [4.78, 5) is 11.9. The molecule has 3 N–H and O–H groups in total. The molecule has 1 saturated heterocycles. The molecule has 1 amide bonds. The van der Waals surface area contributed by atoms with E-state index in [1.54, 1.807) is 0 Å². The SMILES string of the molecule is CC1OCCC1CNC(=O)CC1(N)CCCCC1. The molecule has 18 heavy (non-hydrogen) atoms. The fourth-order valence-corrected chi connectivity index (χ4v) is 3.10. The minimum absolute atomic E-state index is 0.110. The molecule has 0 aromatic carbocycles. The van der Waals surface area contributed by atoms with Crippen molar-refractivity contribution in [3.8, 4) is 0 Å². The van der Waals surface area contributed by atoms with Crippen molar-refractivity contribution in [1.82, 2.24) is 5.32 Å². The van der Waals surface area contributed by atoms with E-state index in [0.717, 1.165) is 45.3 Å². The third kappa shape index (κ3) is 3.69. The van der Waals surface area contributed by atoms with Crippen LogP contribution in [0, 0.1) is 5.92 Å². The van der Waals surface area contributed by atoms with Crippen molar-refractivity contribution >= 4 is 5.91 Å². The van der Waals surface area contributed by atoms with Crippen molar-refractivity contribution in [3.63, 3.8) is 0 Å². The molecular formula is C14H26N2O2. The van der Waals surface area contributed by atoms with E-state index in [4.69, 9.17) is 10.5 Å². The molecule has 1 aliphatic heterocycles. The average Bonchev–Trinajstić information content (AvgIpc) is 2.72. The number of ether oxygens (including phenoxy) is 1. The first kappa shape index (κ1) is 13.8. The van der Waals surface area contributed by atoms with Crippen molar-refractivity contribution in [2.24, 2.45) is 11.7 Å². The second-order valence-electron chi connectivity index (χ2n) is 6.03. The standard InChI is InChI=1S/C14H26N2O2/c1-11-12(5-8-18-11)10-16-13(17)9-14(15)6-3-2-4-7-14/h11-12H,2-10,15H2,1H3,(H,16,17). The average molecular weight is 254 g/mol. The van der Waals surface area contributed by atoms with Crippen molar-refractivity contribution in [1.29, 1.82) is 0 Å². The Morgan fingerprint density at radius 1 is 1.39 bits per heavy atom. The van der Waals surface area contributed by atoms with E-state index in [9.17, 15) is 4.79 Å². The zero-order chi connectivity index (χ0) is 13.0. The summed E-state index contributed by atoms with van der Waals surface area (Å²) in [6.45, 7) is 3.63. The van der Waals surface area contributed by atoms with Gasteiger partial charge in [-0.2, -0.15) is 0 Å². The molecule has 104 valence electrons. The molecule has 1 heterocycles. The number of carbonyl (C=O) groups is 1. The first-order chi connectivity index (χ1) is 8.59. The monoisotopic (exact) mass is 254 g/mol. The first-order valence-electron chi connectivity index (χ1n) is 7.26. The number of nitrogens with two attached hydrogens (primary N) is 1. The van der Waals surface area contributed by atoms with E-state index >= 15 is 0 Å². The number of amides is 1. The molecule has 0 bridgehead atoms. The molecule has 2 unspecified atom stereocenters. The maximum atomic E-state index is 11.9. The molecule has 1 aliphatic carbocycles. The minimum atomic E-state index is -0.250. The first-order valence-corrected chi connectivity index (χ1v) is 7.26. The van der Waals surface area contributed by atoms with Crippen molar-refractivity contribution < 1.29 is 9.53 Å². The summed E-state index contributed by atoms with van der Waals surface area (Å²) in [7, 11) is 0. The molecule has 0 radical (unpaired) electrons. The maximum Gasteiger partial charge on any atom is 0.221 e. The van der Waals surface area contributed by atoms with Gasteiger partial charge in [-0.15, -0.1) is 0 Å². The molecular weight excluding hydrogens is 228 g/mol. The lowest BCUT2D eigenvalue weighted by atomic mass is 9.80. The highest BCUT2D eigenvalue weighted by atomic mass is 16.5. The number of nitrogens with one attached hydrogen (secondary N) is 1. The molecule has 2 rings (SSSR count). The van der Waals surface area contributed by atoms with Crippen molar-refractivity contribution in [2.45, 2.75) is 63.5 Å². The van der Waals surface area contributed by atoms with Crippen molar-refractivity contribution in [3.05, 3.63) is 0 Å². The summed E-state index contributed by atoms with van der Waals surface area (Å²) < 4.78 is 5.49. The van der Waals surface area contributed by atoms with Gasteiger partial charge in [0.2, 0.25) is 5.91 Å². The predicted molar refractivity (Wildman–Crippen MR) is 71.2 cm³/mol. The van der Waals surface area contributed by atoms with Gasteiger partial charge in [0.15, 0.2) is 0 Å². The maximum absolute atomic E-state index is 11.9. The van der Waals surface area contributed by atoms with Crippen LogP contribution < -0.4 is 11.1 Å². The Hall–Kier alpha value is -0.610. The molecule has 0 aromatic heterocycles. The second kappa shape index (κ2) is 6.02. The van der Waals surface area contributed by atoms with Gasteiger partial charge in [-0.25, -0.2) is 0 Å². The highest BCUT2D eigenvalue weighted by Gasteiger charge is 2.30. The fourth-order valence-electron chi connectivity index (χ4n) is 3.10. The molecule has 4 nitrogen and oxygen atoms in total. The smallest absolute Gasteiger partial charge is 0.221 e. The Morgan fingerprint density at radius 2 is 2.11 bits per heavy atom. The van der Waals surface area contributed by atoms with Gasteiger partial charge < -0.3 is 15.8 Å². The molecule has 0 spiro atoms. The van der Waals surface area contributed by atoms with E-state index in [1.165, 1.54) is 6.42 Å². The van der Waals surface area contributed by atoms with Crippen molar-refractivity contribution in [2.75, 3.05) is 13.2 Å². The molecule has 1 saturated carbocycles. The van der Waals surface area contributed by atoms with Crippen LogP contribution in [0.15, 0.2) is 0 Å². The van der Waals surface area contributed by atoms with Crippen LogP contribution in [-0.4, -0.2) is 30.7 Å².